The van der Waals surface area contributed by atoms with Gasteiger partial charge in [-0.05, 0) is 68.4 Å². The van der Waals surface area contributed by atoms with E-state index in [0.29, 0.717) is 31.0 Å². The number of ketones is 1. The predicted octanol–water partition coefficient (Wildman–Crippen LogP) is 4.92. The standard InChI is InChI=1S/C26H31BrN2O4/c1-5-28(6-2)14-15-29-23(18-8-10-19(27)11-9-18)22(25(31)26(29)32)24(30)21-13-12-20(33-7-3)16-17(21)4/h8-13,16,23,30H,5-7,14-15H2,1-4H3/t23-/m1/s1. The number of ether oxygens (including phenoxy) is 1. The maximum Gasteiger partial charge on any atom is 0.295 e. The highest BCUT2D eigenvalue weighted by atomic mass is 79.9. The molecule has 2 aromatic rings. The third kappa shape index (κ3) is 5.31. The van der Waals surface area contributed by atoms with Gasteiger partial charge in [0.1, 0.15) is 11.5 Å². The summed E-state index contributed by atoms with van der Waals surface area (Å²) in [7, 11) is 0. The highest BCUT2D eigenvalue weighted by Crippen LogP contribution is 2.40. The second-order valence-electron chi connectivity index (χ2n) is 7.98. The lowest BCUT2D eigenvalue weighted by Crippen LogP contribution is -2.38. The quantitative estimate of drug-likeness (QED) is 0.292. The fourth-order valence-corrected chi connectivity index (χ4v) is 4.46. The number of likely N-dealkylation sites (N-methyl/N-ethyl adjacent to an activating group) is 1. The van der Waals surface area contributed by atoms with Crippen LogP contribution in [0.1, 0.15) is 43.5 Å². The van der Waals surface area contributed by atoms with Gasteiger partial charge in [-0.25, -0.2) is 0 Å². The minimum atomic E-state index is -0.659. The molecule has 1 saturated heterocycles. The minimum Gasteiger partial charge on any atom is -0.507 e. The van der Waals surface area contributed by atoms with Crippen LogP contribution >= 0.6 is 15.9 Å². The summed E-state index contributed by atoms with van der Waals surface area (Å²) in [5.74, 6) is -0.712. The molecular formula is C26H31BrN2O4. The molecule has 0 unspecified atom stereocenters. The number of aliphatic hydroxyl groups is 1. The maximum absolute atomic E-state index is 13.2. The Kier molecular flexibility index (Phi) is 8.32. The summed E-state index contributed by atoms with van der Waals surface area (Å²) >= 11 is 3.44. The van der Waals surface area contributed by atoms with Crippen molar-refractivity contribution in [2.75, 3.05) is 32.8 Å². The van der Waals surface area contributed by atoms with Crippen LogP contribution in [-0.4, -0.2) is 59.4 Å². The molecule has 33 heavy (non-hydrogen) atoms. The van der Waals surface area contributed by atoms with Gasteiger partial charge in [0.05, 0.1) is 18.2 Å². The molecule has 0 saturated carbocycles. The summed E-state index contributed by atoms with van der Waals surface area (Å²) in [5, 5.41) is 11.3. The first kappa shape index (κ1) is 25.0. The summed E-state index contributed by atoms with van der Waals surface area (Å²) < 4.78 is 6.44. The van der Waals surface area contributed by atoms with E-state index in [-0.39, 0.29) is 11.3 Å². The second-order valence-corrected chi connectivity index (χ2v) is 8.90. The number of benzene rings is 2. The summed E-state index contributed by atoms with van der Waals surface area (Å²) in [4.78, 5) is 30.1. The number of nitrogens with zero attached hydrogens (tertiary/aromatic N) is 2. The van der Waals surface area contributed by atoms with Crippen molar-refractivity contribution < 1.29 is 19.4 Å². The van der Waals surface area contributed by atoms with E-state index in [2.05, 4.69) is 34.7 Å². The number of hydrogen-bond donors (Lipinski definition) is 1. The van der Waals surface area contributed by atoms with E-state index in [1.807, 2.05) is 44.2 Å². The zero-order chi connectivity index (χ0) is 24.1. The number of halogens is 1. The molecular weight excluding hydrogens is 484 g/mol. The van der Waals surface area contributed by atoms with Crippen LogP contribution in [0.15, 0.2) is 52.5 Å². The molecule has 0 aliphatic carbocycles. The Morgan fingerprint density at radius 2 is 1.76 bits per heavy atom. The van der Waals surface area contributed by atoms with Crippen molar-refractivity contribution in [1.29, 1.82) is 0 Å². The van der Waals surface area contributed by atoms with E-state index < -0.39 is 17.7 Å². The third-order valence-electron chi connectivity index (χ3n) is 6.04. The Balaban J connectivity index is 2.10. The van der Waals surface area contributed by atoms with Gasteiger partial charge in [-0.1, -0.05) is 41.9 Å². The van der Waals surface area contributed by atoms with E-state index in [4.69, 9.17) is 4.74 Å². The van der Waals surface area contributed by atoms with Crippen LogP contribution in [-0.2, 0) is 9.59 Å². The number of Topliss-reactive ketones (excluding diaryl/α,β-unsaturated/α-hetero) is 1. The number of rotatable bonds is 9. The first-order chi connectivity index (χ1) is 15.8. The van der Waals surface area contributed by atoms with Crippen LogP contribution in [0, 0.1) is 6.92 Å². The van der Waals surface area contributed by atoms with Crippen molar-refractivity contribution in [3.8, 4) is 5.75 Å². The molecule has 0 radical (unpaired) electrons. The smallest absolute Gasteiger partial charge is 0.295 e. The van der Waals surface area contributed by atoms with Crippen molar-refractivity contribution in [2.24, 2.45) is 0 Å². The molecule has 1 fully saturated rings. The summed E-state index contributed by atoms with van der Waals surface area (Å²) in [6, 6.07) is 12.2. The molecule has 2 aromatic carbocycles. The van der Waals surface area contributed by atoms with Crippen LogP contribution < -0.4 is 4.74 Å². The lowest BCUT2D eigenvalue weighted by molar-refractivity contribution is -0.140. The van der Waals surface area contributed by atoms with E-state index in [1.165, 1.54) is 0 Å². The molecule has 0 aromatic heterocycles. The number of carbonyl (C=O) groups excluding carboxylic acids is 2. The number of likely N-dealkylation sites (tertiary alicyclic amines) is 1. The van der Waals surface area contributed by atoms with Gasteiger partial charge in [0.25, 0.3) is 11.7 Å². The average Bonchev–Trinajstić information content (AvgIpc) is 3.05. The number of amides is 1. The molecule has 0 spiro atoms. The molecule has 0 bridgehead atoms. The Hall–Kier alpha value is -2.64. The summed E-state index contributed by atoms with van der Waals surface area (Å²) in [6.45, 7) is 11.2. The zero-order valence-electron chi connectivity index (χ0n) is 19.6. The van der Waals surface area contributed by atoms with Crippen LogP contribution in [0.5, 0.6) is 5.75 Å². The first-order valence-corrected chi connectivity index (χ1v) is 12.1. The van der Waals surface area contributed by atoms with E-state index in [1.54, 1.807) is 17.0 Å². The third-order valence-corrected chi connectivity index (χ3v) is 6.57. The van der Waals surface area contributed by atoms with E-state index >= 15 is 0 Å². The lowest BCUT2D eigenvalue weighted by Gasteiger charge is -2.28. The Morgan fingerprint density at radius 1 is 1.09 bits per heavy atom. The molecule has 1 atom stereocenters. The van der Waals surface area contributed by atoms with Gasteiger partial charge in [-0.2, -0.15) is 0 Å². The molecule has 176 valence electrons. The van der Waals surface area contributed by atoms with Crippen LogP contribution in [0.3, 0.4) is 0 Å². The van der Waals surface area contributed by atoms with Gasteiger partial charge < -0.3 is 19.6 Å². The summed E-state index contributed by atoms with van der Waals surface area (Å²) in [5.41, 5.74) is 2.18. The average molecular weight is 515 g/mol. The minimum absolute atomic E-state index is 0.120. The molecule has 1 aliphatic rings. The molecule has 1 heterocycles. The number of aliphatic hydroxyl groups excluding tert-OH is 1. The first-order valence-electron chi connectivity index (χ1n) is 11.3. The fraction of sp³-hybridized carbons (Fsp3) is 0.385. The fourth-order valence-electron chi connectivity index (χ4n) is 4.19. The van der Waals surface area contributed by atoms with E-state index in [9.17, 15) is 14.7 Å². The van der Waals surface area contributed by atoms with Crippen molar-refractivity contribution in [2.45, 2.75) is 33.7 Å². The zero-order valence-corrected chi connectivity index (χ0v) is 21.2. The van der Waals surface area contributed by atoms with Crippen molar-refractivity contribution in [3.05, 3.63) is 69.2 Å². The van der Waals surface area contributed by atoms with Gasteiger partial charge in [0.2, 0.25) is 0 Å². The number of carbonyl (C=O) groups is 2. The Bertz CT molecular complexity index is 1040. The second kappa shape index (κ2) is 11.0. The molecule has 1 amide bonds. The van der Waals surface area contributed by atoms with Gasteiger partial charge in [-0.3, -0.25) is 9.59 Å². The highest BCUT2D eigenvalue weighted by molar-refractivity contribution is 9.10. The van der Waals surface area contributed by atoms with Crippen LogP contribution in [0.25, 0.3) is 5.76 Å². The highest BCUT2D eigenvalue weighted by Gasteiger charge is 2.46. The molecule has 6 nitrogen and oxygen atoms in total. The Labute approximate surface area is 204 Å². The molecule has 1 N–H and O–H groups in total. The summed E-state index contributed by atoms with van der Waals surface area (Å²) in [6.07, 6.45) is 0. The molecule has 7 heteroatoms. The normalized spacial score (nSPS) is 17.8. The molecule has 3 rings (SSSR count). The largest absolute Gasteiger partial charge is 0.507 e. The van der Waals surface area contributed by atoms with Crippen molar-refractivity contribution >= 4 is 33.4 Å². The van der Waals surface area contributed by atoms with Crippen LogP contribution in [0.4, 0.5) is 0 Å². The van der Waals surface area contributed by atoms with Crippen molar-refractivity contribution in [3.63, 3.8) is 0 Å². The Morgan fingerprint density at radius 3 is 2.33 bits per heavy atom. The van der Waals surface area contributed by atoms with E-state index in [0.717, 1.165) is 28.7 Å². The number of aryl methyl sites for hydroxylation is 1. The predicted molar refractivity (Wildman–Crippen MR) is 133 cm³/mol. The van der Waals surface area contributed by atoms with Crippen molar-refractivity contribution in [1.82, 2.24) is 9.80 Å². The van der Waals surface area contributed by atoms with Gasteiger partial charge in [-0.15, -0.1) is 0 Å². The van der Waals surface area contributed by atoms with Gasteiger partial charge >= 0.3 is 0 Å². The molecule has 1 aliphatic heterocycles. The SMILES string of the molecule is CCOc1ccc(C(O)=C2C(=O)C(=O)N(CCN(CC)CC)[C@@H]2c2ccc(Br)cc2)c(C)c1. The number of hydrogen-bond acceptors (Lipinski definition) is 5. The lowest BCUT2D eigenvalue weighted by atomic mass is 9.94. The maximum atomic E-state index is 13.2. The van der Waals surface area contributed by atoms with Gasteiger partial charge in [0.15, 0.2) is 0 Å². The van der Waals surface area contributed by atoms with Gasteiger partial charge in [0, 0.05) is 23.1 Å². The van der Waals surface area contributed by atoms with Crippen LogP contribution in [0.2, 0.25) is 0 Å². The monoisotopic (exact) mass is 514 g/mol. The topological polar surface area (TPSA) is 70.1 Å².